The second-order valence-corrected chi connectivity index (χ2v) is 17.9. The maximum atomic E-state index is 6.64. The van der Waals surface area contributed by atoms with Crippen molar-refractivity contribution in [2.24, 2.45) is 0 Å². The summed E-state index contributed by atoms with van der Waals surface area (Å²) in [5.41, 5.74) is 19.5. The lowest BCUT2D eigenvalue weighted by Gasteiger charge is -2.26. The first-order valence-corrected chi connectivity index (χ1v) is 23.7. The average molecular weight is 896 g/mol. The van der Waals surface area contributed by atoms with Gasteiger partial charge in [0.05, 0.1) is 0 Å². The Morgan fingerprint density at radius 1 is 0.229 bits per heavy atom. The number of fused-ring (bicyclic) bond motifs is 9. The molecular weight excluding hydrogens is 855 g/mol. The van der Waals surface area contributed by atoms with Crippen LogP contribution in [0.1, 0.15) is 0 Å². The van der Waals surface area contributed by atoms with E-state index in [1.807, 2.05) is 24.3 Å². The average Bonchev–Trinajstić information content (AvgIpc) is 4.13. The molecule has 14 aromatic rings. The van der Waals surface area contributed by atoms with Crippen molar-refractivity contribution in [3.63, 3.8) is 0 Å². The highest BCUT2D eigenvalue weighted by Gasteiger charge is 2.24. The zero-order chi connectivity index (χ0) is 46.1. The van der Waals surface area contributed by atoms with Crippen molar-refractivity contribution in [1.29, 1.82) is 0 Å². The predicted octanol–water partition coefficient (Wildman–Crippen LogP) is 19.2. The summed E-state index contributed by atoms with van der Waals surface area (Å²) < 4.78 is 19.7. The van der Waals surface area contributed by atoms with Crippen molar-refractivity contribution < 1.29 is 13.3 Å². The zero-order valence-corrected chi connectivity index (χ0v) is 37.8. The number of benzene rings is 11. The summed E-state index contributed by atoms with van der Waals surface area (Å²) in [7, 11) is 0. The van der Waals surface area contributed by atoms with Gasteiger partial charge in [-0.1, -0.05) is 164 Å². The smallest absolute Gasteiger partial charge is 0.137 e. The molecule has 0 saturated heterocycles. The number of anilines is 3. The number of nitrogens with zero attached hydrogens (tertiary/aromatic N) is 1. The maximum Gasteiger partial charge on any atom is 0.137 e. The van der Waals surface area contributed by atoms with Gasteiger partial charge in [-0.25, -0.2) is 0 Å². The first-order chi connectivity index (χ1) is 34.7. The number of hydrogen-bond donors (Lipinski definition) is 0. The fourth-order valence-corrected chi connectivity index (χ4v) is 10.7. The van der Waals surface area contributed by atoms with Gasteiger partial charge in [-0.05, 0) is 123 Å². The molecule has 0 aliphatic heterocycles. The minimum atomic E-state index is 0.840. The van der Waals surface area contributed by atoms with Crippen molar-refractivity contribution in [1.82, 2.24) is 0 Å². The van der Waals surface area contributed by atoms with Crippen LogP contribution in [0.4, 0.5) is 17.1 Å². The minimum Gasteiger partial charge on any atom is -0.456 e. The summed E-state index contributed by atoms with van der Waals surface area (Å²) in [5, 5.41) is 6.52. The highest BCUT2D eigenvalue weighted by Crippen LogP contribution is 2.49. The fourth-order valence-electron chi connectivity index (χ4n) is 10.7. The van der Waals surface area contributed by atoms with Gasteiger partial charge in [-0.15, -0.1) is 0 Å². The molecule has 14 rings (SSSR count). The van der Waals surface area contributed by atoms with E-state index in [2.05, 4.69) is 229 Å². The quantitative estimate of drug-likeness (QED) is 0.152. The van der Waals surface area contributed by atoms with E-state index in [1.54, 1.807) is 0 Å². The van der Waals surface area contributed by atoms with Gasteiger partial charge < -0.3 is 18.2 Å². The van der Waals surface area contributed by atoms with Crippen LogP contribution >= 0.6 is 0 Å². The van der Waals surface area contributed by atoms with Crippen molar-refractivity contribution in [2.45, 2.75) is 0 Å². The van der Waals surface area contributed by atoms with Crippen LogP contribution in [-0.2, 0) is 0 Å². The molecule has 4 heteroatoms. The lowest BCUT2D eigenvalue weighted by atomic mass is 9.85. The van der Waals surface area contributed by atoms with E-state index < -0.39 is 0 Å². The van der Waals surface area contributed by atoms with Crippen LogP contribution in [0.2, 0.25) is 0 Å². The monoisotopic (exact) mass is 895 g/mol. The second-order valence-electron chi connectivity index (χ2n) is 17.9. The molecule has 0 aliphatic carbocycles. The largest absolute Gasteiger partial charge is 0.456 e. The van der Waals surface area contributed by atoms with E-state index in [9.17, 15) is 0 Å². The molecule has 70 heavy (non-hydrogen) atoms. The zero-order valence-electron chi connectivity index (χ0n) is 37.8. The van der Waals surface area contributed by atoms with E-state index in [0.717, 1.165) is 122 Å². The van der Waals surface area contributed by atoms with Crippen LogP contribution in [0.15, 0.2) is 262 Å². The van der Waals surface area contributed by atoms with Crippen LogP contribution in [-0.4, -0.2) is 0 Å². The van der Waals surface area contributed by atoms with E-state index in [0.29, 0.717) is 0 Å². The molecule has 0 atom stereocenters. The molecule has 0 bridgehead atoms. The van der Waals surface area contributed by atoms with Crippen LogP contribution in [0.3, 0.4) is 0 Å². The Morgan fingerprint density at radius 2 is 0.586 bits per heavy atom. The lowest BCUT2D eigenvalue weighted by Crippen LogP contribution is -2.09. The Hall–Kier alpha value is -9.38. The SMILES string of the molecule is c1ccc(-c2ccc(-c3c(-c4ccc5oc6ccccc6c5c4-c4ccc(N(c5ccc(-c6ccccc6)cc5)c5ccc6c(c5)oc5ccccc56)cc4)ccc4oc5ccccc5c34)cc2)cc1. The fraction of sp³-hybridized carbons (Fsp3) is 0. The highest BCUT2D eigenvalue weighted by molar-refractivity contribution is 6.20. The number of furan rings is 3. The van der Waals surface area contributed by atoms with Crippen molar-refractivity contribution in [2.75, 3.05) is 4.90 Å². The summed E-state index contributed by atoms with van der Waals surface area (Å²) >= 11 is 0. The Kier molecular flexibility index (Phi) is 9.17. The topological polar surface area (TPSA) is 42.7 Å². The second kappa shape index (κ2) is 16.2. The molecule has 0 fully saturated rings. The summed E-state index contributed by atoms with van der Waals surface area (Å²) in [4.78, 5) is 2.31. The van der Waals surface area contributed by atoms with E-state index >= 15 is 0 Å². The molecule has 0 spiro atoms. The summed E-state index contributed by atoms with van der Waals surface area (Å²) in [6, 6.07) is 88.2. The molecule has 3 aromatic heterocycles. The van der Waals surface area contributed by atoms with Gasteiger partial charge in [0.15, 0.2) is 0 Å². The minimum absolute atomic E-state index is 0.840. The maximum absolute atomic E-state index is 6.64. The molecule has 328 valence electrons. The van der Waals surface area contributed by atoms with Crippen LogP contribution in [0, 0.1) is 0 Å². The number of hydrogen-bond acceptors (Lipinski definition) is 4. The molecule has 4 nitrogen and oxygen atoms in total. The van der Waals surface area contributed by atoms with Crippen LogP contribution < -0.4 is 4.90 Å². The number of para-hydroxylation sites is 3. The predicted molar refractivity (Wildman–Crippen MR) is 290 cm³/mol. The van der Waals surface area contributed by atoms with Gasteiger partial charge in [-0.2, -0.15) is 0 Å². The van der Waals surface area contributed by atoms with Gasteiger partial charge in [0.2, 0.25) is 0 Å². The van der Waals surface area contributed by atoms with Gasteiger partial charge >= 0.3 is 0 Å². The molecule has 11 aromatic carbocycles. The normalized spacial score (nSPS) is 11.7. The Labute approximate surface area is 403 Å². The van der Waals surface area contributed by atoms with Gasteiger partial charge in [0.1, 0.15) is 33.5 Å². The van der Waals surface area contributed by atoms with Gasteiger partial charge in [-0.3, -0.25) is 0 Å². The van der Waals surface area contributed by atoms with E-state index in [1.165, 1.54) is 16.7 Å². The lowest BCUT2D eigenvalue weighted by molar-refractivity contribution is 0.668. The third-order valence-electron chi connectivity index (χ3n) is 13.9. The molecule has 0 aliphatic rings. The highest BCUT2D eigenvalue weighted by atomic mass is 16.3. The van der Waals surface area contributed by atoms with Crippen LogP contribution in [0.5, 0.6) is 0 Å². The third-order valence-corrected chi connectivity index (χ3v) is 13.9. The molecule has 3 heterocycles. The molecule has 0 radical (unpaired) electrons. The molecular formula is C66H41NO3. The van der Waals surface area contributed by atoms with Gasteiger partial charge in [0.25, 0.3) is 0 Å². The molecule has 0 N–H and O–H groups in total. The molecule has 0 unspecified atom stereocenters. The summed E-state index contributed by atoms with van der Waals surface area (Å²) in [6.07, 6.45) is 0. The molecule has 0 saturated carbocycles. The first kappa shape index (κ1) is 39.8. The van der Waals surface area contributed by atoms with E-state index in [4.69, 9.17) is 13.3 Å². The Balaban J connectivity index is 0.970. The molecule has 0 amide bonds. The summed E-state index contributed by atoms with van der Waals surface area (Å²) in [6.45, 7) is 0. The third kappa shape index (κ3) is 6.53. The van der Waals surface area contributed by atoms with Crippen LogP contribution in [0.25, 0.3) is 121 Å². The first-order valence-electron chi connectivity index (χ1n) is 23.7. The standard InChI is InChI=1S/C66H41NO3/c1-3-13-42(14-4-1)44-23-25-46(26-24-44)63-53(37-39-60-65(63)55-18-8-11-21-58(55)68-60)54-38-40-61-66(56-19-9-12-22-59(56)69-61)64(54)47-29-33-49(34-30-47)67(48-31-27-45(28-32-48)43-15-5-2-6-16-43)50-35-36-52-51-17-7-10-20-57(51)70-62(52)41-50/h1-41H. The van der Waals surface area contributed by atoms with Crippen molar-refractivity contribution in [3.8, 4) is 55.6 Å². The van der Waals surface area contributed by atoms with E-state index in [-0.39, 0.29) is 0 Å². The Bertz CT molecular complexity index is 4260. The Morgan fingerprint density at radius 3 is 1.10 bits per heavy atom. The van der Waals surface area contributed by atoms with Crippen molar-refractivity contribution in [3.05, 3.63) is 249 Å². The summed E-state index contributed by atoms with van der Waals surface area (Å²) in [5.74, 6) is 0. The van der Waals surface area contributed by atoms with Crippen molar-refractivity contribution >= 4 is 82.9 Å². The van der Waals surface area contributed by atoms with Gasteiger partial charge in [0, 0.05) is 66.6 Å². The number of rotatable bonds is 8.